The minimum atomic E-state index is 0.545. The van der Waals surface area contributed by atoms with E-state index in [-0.39, 0.29) is 0 Å². The van der Waals surface area contributed by atoms with E-state index in [1.807, 2.05) is 36.6 Å². The van der Waals surface area contributed by atoms with Crippen LogP contribution in [-0.2, 0) is 0 Å². The summed E-state index contributed by atoms with van der Waals surface area (Å²) < 4.78 is 22.0. The lowest BCUT2D eigenvalue weighted by Gasteiger charge is -2.14. The Morgan fingerprint density at radius 3 is 2.24 bits per heavy atom. The number of aromatic nitrogens is 1. The fraction of sp³-hybridized carbons (Fsp3) is 0.211. The first-order chi connectivity index (χ1) is 12.2. The van der Waals surface area contributed by atoms with Crippen molar-refractivity contribution in [2.75, 3.05) is 27.6 Å². The highest BCUT2D eigenvalue weighted by atomic mass is 32.2. The molecule has 2 aromatic carbocycles. The van der Waals surface area contributed by atoms with Crippen molar-refractivity contribution in [3.05, 3.63) is 42.8 Å². The second-order valence-corrected chi connectivity index (χ2v) is 5.99. The fourth-order valence-electron chi connectivity index (χ4n) is 2.69. The summed E-state index contributed by atoms with van der Waals surface area (Å²) >= 11 is 1.66. The van der Waals surface area contributed by atoms with Crippen LogP contribution in [0.3, 0.4) is 0 Å². The second kappa shape index (κ2) is 7.53. The molecule has 6 heteroatoms. The summed E-state index contributed by atoms with van der Waals surface area (Å²) in [4.78, 5) is 5.54. The first kappa shape index (κ1) is 17.2. The molecule has 130 valence electrons. The van der Waals surface area contributed by atoms with Crippen molar-refractivity contribution in [2.45, 2.75) is 4.90 Å². The number of rotatable bonds is 6. The minimum Gasteiger partial charge on any atom is -0.493 e. The average Bonchev–Trinajstić information content (AvgIpc) is 3.16. The van der Waals surface area contributed by atoms with E-state index in [4.69, 9.17) is 18.6 Å². The van der Waals surface area contributed by atoms with Crippen molar-refractivity contribution >= 4 is 11.8 Å². The molecule has 0 saturated heterocycles. The molecule has 0 amide bonds. The number of methoxy groups -OCH3 is 3. The highest BCUT2D eigenvalue weighted by Crippen LogP contribution is 2.43. The molecular formula is C19H19NO4S. The Balaban J connectivity index is 2.18. The van der Waals surface area contributed by atoms with Gasteiger partial charge in [-0.2, -0.15) is 0 Å². The van der Waals surface area contributed by atoms with Gasteiger partial charge < -0.3 is 18.6 Å². The second-order valence-electron chi connectivity index (χ2n) is 5.14. The summed E-state index contributed by atoms with van der Waals surface area (Å²) in [7, 11) is 4.76. The molecule has 0 aliphatic carbocycles. The molecule has 1 heterocycles. The SMILES string of the molecule is COc1cc(-c2ncoc2-c2ccccc2SC)cc(OC)c1OC. The van der Waals surface area contributed by atoms with E-state index >= 15 is 0 Å². The van der Waals surface area contributed by atoms with Gasteiger partial charge in [-0.25, -0.2) is 4.98 Å². The Bertz CT molecular complexity index is 850. The largest absolute Gasteiger partial charge is 0.493 e. The third-order valence-corrected chi connectivity index (χ3v) is 4.65. The molecule has 3 aromatic rings. The predicted octanol–water partition coefficient (Wildman–Crippen LogP) is 4.76. The average molecular weight is 357 g/mol. The quantitative estimate of drug-likeness (QED) is 0.593. The smallest absolute Gasteiger partial charge is 0.203 e. The normalized spacial score (nSPS) is 10.6. The van der Waals surface area contributed by atoms with Crippen molar-refractivity contribution in [1.82, 2.24) is 4.98 Å². The van der Waals surface area contributed by atoms with E-state index in [9.17, 15) is 0 Å². The van der Waals surface area contributed by atoms with Gasteiger partial charge in [0.25, 0.3) is 0 Å². The molecule has 0 spiro atoms. The molecule has 3 rings (SSSR count). The van der Waals surface area contributed by atoms with E-state index < -0.39 is 0 Å². The lowest BCUT2D eigenvalue weighted by atomic mass is 10.0. The number of hydrogen-bond acceptors (Lipinski definition) is 6. The molecule has 0 unspecified atom stereocenters. The monoisotopic (exact) mass is 357 g/mol. The van der Waals surface area contributed by atoms with Crippen molar-refractivity contribution in [1.29, 1.82) is 0 Å². The van der Waals surface area contributed by atoms with Gasteiger partial charge in [-0.05, 0) is 24.5 Å². The predicted molar refractivity (Wildman–Crippen MR) is 98.8 cm³/mol. The lowest BCUT2D eigenvalue weighted by molar-refractivity contribution is 0.324. The van der Waals surface area contributed by atoms with Crippen LogP contribution in [0.4, 0.5) is 0 Å². The third-order valence-electron chi connectivity index (χ3n) is 3.86. The topological polar surface area (TPSA) is 53.7 Å². The summed E-state index contributed by atoms with van der Waals surface area (Å²) in [5, 5.41) is 0. The highest BCUT2D eigenvalue weighted by Gasteiger charge is 2.20. The van der Waals surface area contributed by atoms with Crippen LogP contribution in [0, 0.1) is 0 Å². The van der Waals surface area contributed by atoms with Crippen LogP contribution < -0.4 is 14.2 Å². The Morgan fingerprint density at radius 1 is 0.960 bits per heavy atom. The molecule has 5 nitrogen and oxygen atoms in total. The van der Waals surface area contributed by atoms with Gasteiger partial charge in [0.2, 0.25) is 5.75 Å². The zero-order chi connectivity index (χ0) is 17.8. The maximum atomic E-state index is 5.71. The van der Waals surface area contributed by atoms with Gasteiger partial charge in [0, 0.05) is 16.0 Å². The van der Waals surface area contributed by atoms with Gasteiger partial charge >= 0.3 is 0 Å². The third kappa shape index (κ3) is 3.17. The van der Waals surface area contributed by atoms with Crippen molar-refractivity contribution in [2.24, 2.45) is 0 Å². The first-order valence-electron chi connectivity index (χ1n) is 7.60. The molecule has 0 saturated carbocycles. The lowest BCUT2D eigenvalue weighted by Crippen LogP contribution is -1.96. The fourth-order valence-corrected chi connectivity index (χ4v) is 3.29. The van der Waals surface area contributed by atoms with Crippen LogP contribution in [0.2, 0.25) is 0 Å². The molecule has 0 aliphatic rings. The van der Waals surface area contributed by atoms with E-state index in [0.717, 1.165) is 21.7 Å². The van der Waals surface area contributed by atoms with Gasteiger partial charge in [0.1, 0.15) is 5.69 Å². The Morgan fingerprint density at radius 2 is 1.64 bits per heavy atom. The summed E-state index contributed by atoms with van der Waals surface area (Å²) in [5.41, 5.74) is 2.55. The number of thioether (sulfide) groups is 1. The van der Waals surface area contributed by atoms with Crippen LogP contribution in [-0.4, -0.2) is 32.6 Å². The zero-order valence-electron chi connectivity index (χ0n) is 14.5. The van der Waals surface area contributed by atoms with Crippen LogP contribution in [0.25, 0.3) is 22.6 Å². The summed E-state index contributed by atoms with van der Waals surface area (Å²) in [6.45, 7) is 0. The Kier molecular flexibility index (Phi) is 5.19. The van der Waals surface area contributed by atoms with E-state index in [0.29, 0.717) is 23.0 Å². The maximum Gasteiger partial charge on any atom is 0.203 e. The number of ether oxygens (including phenoxy) is 3. The Labute approximate surface area is 150 Å². The van der Waals surface area contributed by atoms with Gasteiger partial charge in [-0.3, -0.25) is 0 Å². The van der Waals surface area contributed by atoms with E-state index in [2.05, 4.69) is 11.1 Å². The molecule has 1 aromatic heterocycles. The molecular weight excluding hydrogens is 338 g/mol. The van der Waals surface area contributed by atoms with Crippen LogP contribution >= 0.6 is 11.8 Å². The maximum absolute atomic E-state index is 5.71. The van der Waals surface area contributed by atoms with Gasteiger partial charge in [0.15, 0.2) is 23.7 Å². The van der Waals surface area contributed by atoms with Crippen LogP contribution in [0.5, 0.6) is 17.2 Å². The summed E-state index contributed by atoms with van der Waals surface area (Å²) in [5.74, 6) is 2.40. The van der Waals surface area contributed by atoms with Gasteiger partial charge in [0.05, 0.1) is 21.3 Å². The number of nitrogens with zero attached hydrogens (tertiary/aromatic N) is 1. The van der Waals surface area contributed by atoms with Gasteiger partial charge in [-0.15, -0.1) is 11.8 Å². The van der Waals surface area contributed by atoms with Crippen molar-refractivity contribution < 1.29 is 18.6 Å². The number of hydrogen-bond donors (Lipinski definition) is 0. The van der Waals surface area contributed by atoms with Crippen LogP contribution in [0.1, 0.15) is 0 Å². The van der Waals surface area contributed by atoms with Crippen molar-refractivity contribution in [3.63, 3.8) is 0 Å². The van der Waals surface area contributed by atoms with E-state index in [1.54, 1.807) is 33.1 Å². The van der Waals surface area contributed by atoms with E-state index in [1.165, 1.54) is 6.39 Å². The standard InChI is InChI=1S/C19H19NO4S/c1-21-14-9-12(10-15(22-2)19(14)23-3)17-18(24-11-20-17)13-7-5-6-8-16(13)25-4/h5-11H,1-4H3. The number of oxazole rings is 1. The molecule has 0 fully saturated rings. The molecule has 25 heavy (non-hydrogen) atoms. The summed E-state index contributed by atoms with van der Waals surface area (Å²) in [6.07, 6.45) is 3.49. The van der Waals surface area contributed by atoms with Gasteiger partial charge in [-0.1, -0.05) is 18.2 Å². The Hall–Kier alpha value is -2.60. The zero-order valence-corrected chi connectivity index (χ0v) is 15.3. The molecule has 0 bridgehead atoms. The molecule has 0 atom stereocenters. The summed E-state index contributed by atoms with van der Waals surface area (Å²) in [6, 6.07) is 11.8. The van der Waals surface area contributed by atoms with Crippen molar-refractivity contribution in [3.8, 4) is 39.8 Å². The van der Waals surface area contributed by atoms with Crippen LogP contribution in [0.15, 0.2) is 52.1 Å². The number of benzene rings is 2. The molecule has 0 aliphatic heterocycles. The molecule has 0 N–H and O–H groups in total. The first-order valence-corrected chi connectivity index (χ1v) is 8.83. The molecule has 0 radical (unpaired) electrons. The highest BCUT2D eigenvalue weighted by molar-refractivity contribution is 7.98. The minimum absolute atomic E-state index is 0.545.